The normalized spacial score (nSPS) is 21.9. The Balaban J connectivity index is 0.00000200. The van der Waals surface area contributed by atoms with E-state index in [0.717, 1.165) is 13.1 Å². The third kappa shape index (κ3) is 3.97. The first-order chi connectivity index (χ1) is 9.11. The van der Waals surface area contributed by atoms with Crippen LogP contribution < -0.4 is 5.73 Å². The van der Waals surface area contributed by atoms with Crippen LogP contribution in [0.15, 0.2) is 30.3 Å². The molecule has 1 heterocycles. The molecule has 0 saturated carbocycles. The summed E-state index contributed by atoms with van der Waals surface area (Å²) in [4.78, 5) is 14.2. The Bertz CT molecular complexity index is 422. The molecule has 1 fully saturated rings. The quantitative estimate of drug-likeness (QED) is 0.928. The van der Waals surface area contributed by atoms with E-state index < -0.39 is 0 Å². The van der Waals surface area contributed by atoms with Crippen LogP contribution >= 0.6 is 12.4 Å². The van der Waals surface area contributed by atoms with E-state index in [2.05, 4.69) is 38.1 Å². The number of carbonyl (C=O) groups excluding carboxylic acids is 1. The molecule has 0 bridgehead atoms. The van der Waals surface area contributed by atoms with E-state index in [9.17, 15) is 4.79 Å². The average molecular weight is 297 g/mol. The summed E-state index contributed by atoms with van der Waals surface area (Å²) in [5.74, 6) is 1.47. The number of hydrogen-bond acceptors (Lipinski definition) is 2. The van der Waals surface area contributed by atoms with Crippen LogP contribution in [0.4, 0.5) is 0 Å². The molecule has 2 atom stereocenters. The fourth-order valence-corrected chi connectivity index (χ4v) is 2.87. The lowest BCUT2D eigenvalue weighted by molar-refractivity contribution is -0.131. The van der Waals surface area contributed by atoms with E-state index in [-0.39, 0.29) is 18.3 Å². The average Bonchev–Trinajstić information content (AvgIpc) is 2.83. The van der Waals surface area contributed by atoms with Crippen LogP contribution in [0.2, 0.25) is 0 Å². The van der Waals surface area contributed by atoms with Gasteiger partial charge in [0.2, 0.25) is 5.91 Å². The predicted molar refractivity (Wildman–Crippen MR) is 85.0 cm³/mol. The minimum Gasteiger partial charge on any atom is -0.342 e. The van der Waals surface area contributed by atoms with Crippen molar-refractivity contribution in [3.8, 4) is 0 Å². The molecule has 1 aromatic carbocycles. The van der Waals surface area contributed by atoms with E-state index in [1.165, 1.54) is 5.56 Å². The fourth-order valence-electron chi connectivity index (χ4n) is 2.87. The van der Waals surface area contributed by atoms with Gasteiger partial charge in [-0.05, 0) is 23.9 Å². The van der Waals surface area contributed by atoms with Crippen LogP contribution in [-0.4, -0.2) is 30.4 Å². The highest BCUT2D eigenvalue weighted by molar-refractivity contribution is 5.85. The summed E-state index contributed by atoms with van der Waals surface area (Å²) in [5.41, 5.74) is 7.19. The third-order valence-corrected chi connectivity index (χ3v) is 3.91. The Morgan fingerprint density at radius 1 is 1.30 bits per heavy atom. The van der Waals surface area contributed by atoms with E-state index >= 15 is 0 Å². The molecule has 0 aromatic heterocycles. The maximum atomic E-state index is 12.2. The lowest BCUT2D eigenvalue weighted by atomic mass is 9.89. The third-order valence-electron chi connectivity index (χ3n) is 3.91. The highest BCUT2D eigenvalue weighted by Crippen LogP contribution is 2.32. The highest BCUT2D eigenvalue weighted by atomic mass is 35.5. The first kappa shape index (κ1) is 17.0. The first-order valence-electron chi connectivity index (χ1n) is 7.14. The topological polar surface area (TPSA) is 46.3 Å². The van der Waals surface area contributed by atoms with Crippen molar-refractivity contribution in [1.82, 2.24) is 4.90 Å². The second-order valence-corrected chi connectivity index (χ2v) is 5.91. The Labute approximate surface area is 127 Å². The summed E-state index contributed by atoms with van der Waals surface area (Å²) in [6.07, 6.45) is 0.638. The molecule has 0 spiro atoms. The van der Waals surface area contributed by atoms with Crippen LogP contribution in [0.1, 0.15) is 31.7 Å². The van der Waals surface area contributed by atoms with Crippen molar-refractivity contribution in [1.29, 1.82) is 0 Å². The van der Waals surface area contributed by atoms with E-state index in [4.69, 9.17) is 5.73 Å². The number of nitrogens with zero attached hydrogens (tertiary/aromatic N) is 1. The molecule has 112 valence electrons. The van der Waals surface area contributed by atoms with Crippen LogP contribution in [0.25, 0.3) is 0 Å². The molecule has 20 heavy (non-hydrogen) atoms. The van der Waals surface area contributed by atoms with Crippen molar-refractivity contribution in [3.63, 3.8) is 0 Å². The first-order valence-corrected chi connectivity index (χ1v) is 7.14. The zero-order valence-corrected chi connectivity index (χ0v) is 13.1. The minimum atomic E-state index is 0. The molecule has 2 N–H and O–H groups in total. The fraction of sp³-hybridized carbons (Fsp3) is 0.562. The lowest BCUT2D eigenvalue weighted by Crippen LogP contribution is -2.30. The van der Waals surface area contributed by atoms with Gasteiger partial charge < -0.3 is 10.6 Å². The van der Waals surface area contributed by atoms with Crippen LogP contribution in [0.5, 0.6) is 0 Å². The van der Waals surface area contributed by atoms with E-state index in [1.54, 1.807) is 0 Å². The predicted octanol–water partition coefficient (Wildman–Crippen LogP) is 2.66. The summed E-state index contributed by atoms with van der Waals surface area (Å²) in [5, 5.41) is 0. The molecule has 1 aromatic rings. The molecule has 1 aliphatic heterocycles. The smallest absolute Gasteiger partial charge is 0.222 e. The van der Waals surface area contributed by atoms with Gasteiger partial charge in [-0.25, -0.2) is 0 Å². The van der Waals surface area contributed by atoms with Crippen molar-refractivity contribution in [2.45, 2.75) is 26.2 Å². The minimum absolute atomic E-state index is 0. The number of hydrogen-bond donors (Lipinski definition) is 1. The van der Waals surface area contributed by atoms with Crippen molar-refractivity contribution < 1.29 is 4.79 Å². The molecule has 4 heteroatoms. The molecule has 1 saturated heterocycles. The molecular formula is C16H25ClN2O. The number of amides is 1. The number of nitrogens with two attached hydrogens (primary N) is 1. The molecule has 0 aliphatic carbocycles. The van der Waals surface area contributed by atoms with Crippen molar-refractivity contribution in [2.75, 3.05) is 19.6 Å². The van der Waals surface area contributed by atoms with Gasteiger partial charge in [-0.1, -0.05) is 44.2 Å². The number of benzene rings is 1. The van der Waals surface area contributed by atoms with Gasteiger partial charge in [0, 0.05) is 25.4 Å². The number of carbonyl (C=O) groups is 1. The van der Waals surface area contributed by atoms with Crippen molar-refractivity contribution >= 4 is 18.3 Å². The molecular weight excluding hydrogens is 272 g/mol. The Kier molecular flexibility index (Phi) is 6.50. The molecule has 1 amide bonds. The molecule has 0 unspecified atom stereocenters. The summed E-state index contributed by atoms with van der Waals surface area (Å²) in [7, 11) is 0. The largest absolute Gasteiger partial charge is 0.342 e. The van der Waals surface area contributed by atoms with Gasteiger partial charge in [0.1, 0.15) is 0 Å². The van der Waals surface area contributed by atoms with Crippen LogP contribution in [-0.2, 0) is 4.79 Å². The van der Waals surface area contributed by atoms with Crippen molar-refractivity contribution in [3.05, 3.63) is 35.9 Å². The van der Waals surface area contributed by atoms with Gasteiger partial charge in [-0.15, -0.1) is 12.4 Å². The summed E-state index contributed by atoms with van der Waals surface area (Å²) in [6.45, 7) is 6.44. The molecule has 2 rings (SSSR count). The SMILES string of the molecule is CC(C)CC(=O)N1C[C@@H](CN)[C@H](c2ccccc2)C1.Cl. The standard InChI is InChI=1S/C16H24N2O.ClH/c1-12(2)8-16(19)18-10-14(9-17)15(11-18)13-6-4-3-5-7-13;/h3-7,12,14-15H,8-11,17H2,1-2H3;1H/t14-,15+;/m1./s1. The monoisotopic (exact) mass is 296 g/mol. The van der Waals surface area contributed by atoms with Gasteiger partial charge >= 0.3 is 0 Å². The summed E-state index contributed by atoms with van der Waals surface area (Å²) < 4.78 is 0. The van der Waals surface area contributed by atoms with Crippen LogP contribution in [0, 0.1) is 11.8 Å². The zero-order valence-electron chi connectivity index (χ0n) is 12.3. The van der Waals surface area contributed by atoms with Gasteiger partial charge in [-0.3, -0.25) is 4.79 Å². The Morgan fingerprint density at radius 2 is 1.95 bits per heavy atom. The maximum Gasteiger partial charge on any atom is 0.222 e. The van der Waals surface area contributed by atoms with Gasteiger partial charge in [0.15, 0.2) is 0 Å². The molecule has 3 nitrogen and oxygen atoms in total. The second-order valence-electron chi connectivity index (χ2n) is 5.91. The molecule has 0 radical (unpaired) electrons. The Morgan fingerprint density at radius 3 is 2.50 bits per heavy atom. The van der Waals surface area contributed by atoms with E-state index in [0.29, 0.717) is 30.7 Å². The van der Waals surface area contributed by atoms with Gasteiger partial charge in [0.05, 0.1) is 0 Å². The lowest BCUT2D eigenvalue weighted by Gasteiger charge is -2.17. The number of rotatable bonds is 4. The van der Waals surface area contributed by atoms with E-state index in [1.807, 2.05) is 11.0 Å². The number of halogens is 1. The highest BCUT2D eigenvalue weighted by Gasteiger charge is 2.35. The van der Waals surface area contributed by atoms with Gasteiger partial charge in [-0.2, -0.15) is 0 Å². The van der Waals surface area contributed by atoms with Gasteiger partial charge in [0.25, 0.3) is 0 Å². The number of likely N-dealkylation sites (tertiary alicyclic amines) is 1. The van der Waals surface area contributed by atoms with Crippen LogP contribution in [0.3, 0.4) is 0 Å². The Hall–Kier alpha value is -1.06. The van der Waals surface area contributed by atoms with Crippen molar-refractivity contribution in [2.24, 2.45) is 17.6 Å². The maximum absolute atomic E-state index is 12.2. The second kappa shape index (κ2) is 7.65. The summed E-state index contributed by atoms with van der Waals surface area (Å²) in [6, 6.07) is 10.4. The zero-order chi connectivity index (χ0) is 13.8. The molecule has 1 aliphatic rings. The summed E-state index contributed by atoms with van der Waals surface area (Å²) >= 11 is 0.